The van der Waals surface area contributed by atoms with Crippen LogP contribution in [0.25, 0.3) is 0 Å². The molecule has 1 aliphatic heterocycles. The Labute approximate surface area is 118 Å². The van der Waals surface area contributed by atoms with E-state index in [1.54, 1.807) is 0 Å². The molecule has 0 aliphatic carbocycles. The Kier molecular flexibility index (Phi) is 4.82. The molecule has 2 unspecified atom stereocenters. The average Bonchev–Trinajstić information content (AvgIpc) is 2.36. The number of ether oxygens (including phenoxy) is 1. The van der Waals surface area contributed by atoms with Crippen LogP contribution < -0.4 is 10.5 Å². The van der Waals surface area contributed by atoms with E-state index in [0.29, 0.717) is 12.1 Å². The first kappa shape index (κ1) is 14.8. The highest BCUT2D eigenvalue weighted by Crippen LogP contribution is 2.14. The van der Waals surface area contributed by atoms with E-state index in [1.807, 2.05) is 0 Å². The zero-order valence-corrected chi connectivity index (χ0v) is 13.7. The summed E-state index contributed by atoms with van der Waals surface area (Å²) in [6.07, 6.45) is 2.67. The van der Waals surface area contributed by atoms with Crippen LogP contribution in [0.1, 0.15) is 25.3 Å². The summed E-state index contributed by atoms with van der Waals surface area (Å²) in [6.45, 7) is 11.2. The van der Waals surface area contributed by atoms with E-state index in [9.17, 15) is 0 Å². The Morgan fingerprint density at radius 1 is 1.21 bits per heavy atom. The molecule has 2 rings (SSSR count). The van der Waals surface area contributed by atoms with Crippen molar-refractivity contribution >= 4 is 13.3 Å². The Hall–Kier alpha value is -0.643. The van der Waals surface area contributed by atoms with Gasteiger partial charge in [0, 0.05) is 19.2 Å². The van der Waals surface area contributed by atoms with Gasteiger partial charge in [-0.1, -0.05) is 49.1 Å². The summed E-state index contributed by atoms with van der Waals surface area (Å²) >= 11 is 0. The topological polar surface area (TPSA) is 21.3 Å². The van der Waals surface area contributed by atoms with Gasteiger partial charge in [0.05, 0.1) is 14.2 Å². The van der Waals surface area contributed by atoms with Gasteiger partial charge in [0.15, 0.2) is 0 Å². The lowest BCUT2D eigenvalue weighted by Gasteiger charge is -2.28. The second-order valence-corrected chi connectivity index (χ2v) is 11.8. The van der Waals surface area contributed by atoms with Gasteiger partial charge in [-0.25, -0.2) is 0 Å². The van der Waals surface area contributed by atoms with Gasteiger partial charge in [0.25, 0.3) is 0 Å². The summed E-state index contributed by atoms with van der Waals surface area (Å²) in [7, 11) is -1.16. The zero-order valence-electron chi connectivity index (χ0n) is 12.7. The maximum atomic E-state index is 5.58. The molecular weight excluding hydrogens is 250 g/mol. The summed E-state index contributed by atoms with van der Waals surface area (Å²) in [4.78, 5) is 0. The van der Waals surface area contributed by atoms with Crippen LogP contribution in [-0.2, 0) is 11.3 Å². The van der Waals surface area contributed by atoms with Gasteiger partial charge < -0.3 is 10.1 Å². The van der Waals surface area contributed by atoms with Gasteiger partial charge in [-0.15, -0.1) is 0 Å². The Morgan fingerprint density at radius 2 is 1.89 bits per heavy atom. The van der Waals surface area contributed by atoms with E-state index in [0.717, 1.165) is 26.0 Å². The highest BCUT2D eigenvalue weighted by molar-refractivity contribution is 6.88. The minimum Gasteiger partial charge on any atom is -0.378 e. The van der Waals surface area contributed by atoms with E-state index >= 15 is 0 Å². The van der Waals surface area contributed by atoms with Crippen molar-refractivity contribution in [2.75, 3.05) is 6.61 Å². The van der Waals surface area contributed by atoms with Crippen LogP contribution in [0.4, 0.5) is 0 Å². The Morgan fingerprint density at radius 3 is 2.47 bits per heavy atom. The third-order valence-electron chi connectivity index (χ3n) is 3.90. The van der Waals surface area contributed by atoms with Gasteiger partial charge in [0.1, 0.15) is 0 Å². The van der Waals surface area contributed by atoms with Crippen LogP contribution in [0.5, 0.6) is 0 Å². The molecule has 0 aromatic heterocycles. The molecule has 0 amide bonds. The predicted octanol–water partition coefficient (Wildman–Crippen LogP) is 2.89. The fourth-order valence-electron chi connectivity index (χ4n) is 2.57. The lowest BCUT2D eigenvalue weighted by atomic mass is 10.0. The van der Waals surface area contributed by atoms with Crippen molar-refractivity contribution in [2.45, 2.75) is 58.1 Å². The quantitative estimate of drug-likeness (QED) is 0.855. The van der Waals surface area contributed by atoms with Gasteiger partial charge in [0.2, 0.25) is 0 Å². The standard InChI is InChI=1S/C16H27NOSi/c1-13-11-15(9-10-18-13)17-12-14-5-7-16(8-6-14)19(2,3)4/h5-8,13,15,17H,9-12H2,1-4H3. The molecule has 0 saturated carbocycles. The summed E-state index contributed by atoms with van der Waals surface area (Å²) in [6, 6.07) is 9.80. The maximum Gasteiger partial charge on any atom is 0.0775 e. The van der Waals surface area contributed by atoms with Crippen molar-refractivity contribution < 1.29 is 4.74 Å². The minimum absolute atomic E-state index is 0.403. The van der Waals surface area contributed by atoms with Crippen LogP contribution in [0.2, 0.25) is 19.6 Å². The fourth-order valence-corrected chi connectivity index (χ4v) is 3.73. The highest BCUT2D eigenvalue weighted by Gasteiger charge is 2.19. The first-order valence-corrected chi connectivity index (χ1v) is 10.9. The molecule has 0 spiro atoms. The molecule has 1 N–H and O–H groups in total. The molecule has 1 saturated heterocycles. The number of rotatable bonds is 4. The summed E-state index contributed by atoms with van der Waals surface area (Å²) in [5, 5.41) is 5.20. The molecule has 106 valence electrons. The van der Waals surface area contributed by atoms with Crippen molar-refractivity contribution in [2.24, 2.45) is 0 Å². The fraction of sp³-hybridized carbons (Fsp3) is 0.625. The zero-order chi connectivity index (χ0) is 13.9. The predicted molar refractivity (Wildman–Crippen MR) is 84.7 cm³/mol. The first-order chi connectivity index (χ1) is 8.95. The molecule has 1 heterocycles. The number of benzene rings is 1. The van der Waals surface area contributed by atoms with Crippen molar-refractivity contribution in [3.63, 3.8) is 0 Å². The third kappa shape index (κ3) is 4.44. The molecule has 1 aliphatic rings. The van der Waals surface area contributed by atoms with Gasteiger partial charge in [-0.05, 0) is 25.3 Å². The van der Waals surface area contributed by atoms with Gasteiger partial charge >= 0.3 is 0 Å². The molecule has 0 radical (unpaired) electrons. The van der Waals surface area contributed by atoms with Crippen LogP contribution in [0.15, 0.2) is 24.3 Å². The molecule has 0 bridgehead atoms. The molecule has 3 heteroatoms. The summed E-state index contributed by atoms with van der Waals surface area (Å²) < 4.78 is 5.58. The molecule has 19 heavy (non-hydrogen) atoms. The van der Waals surface area contributed by atoms with Gasteiger partial charge in [-0.2, -0.15) is 0 Å². The van der Waals surface area contributed by atoms with Crippen molar-refractivity contribution in [3.8, 4) is 0 Å². The van der Waals surface area contributed by atoms with E-state index in [1.165, 1.54) is 10.8 Å². The van der Waals surface area contributed by atoms with E-state index in [2.05, 4.69) is 56.1 Å². The largest absolute Gasteiger partial charge is 0.378 e. The first-order valence-electron chi connectivity index (χ1n) is 7.39. The molecule has 2 atom stereocenters. The van der Waals surface area contributed by atoms with E-state index < -0.39 is 8.07 Å². The normalized spacial score (nSPS) is 24.4. The second-order valence-electron chi connectivity index (χ2n) is 6.73. The smallest absolute Gasteiger partial charge is 0.0775 e. The second kappa shape index (κ2) is 6.20. The molecule has 1 aromatic rings. The number of hydrogen-bond donors (Lipinski definition) is 1. The monoisotopic (exact) mass is 277 g/mol. The van der Waals surface area contributed by atoms with Crippen molar-refractivity contribution in [1.82, 2.24) is 5.32 Å². The van der Waals surface area contributed by atoms with Crippen molar-refractivity contribution in [3.05, 3.63) is 29.8 Å². The van der Waals surface area contributed by atoms with Crippen LogP contribution in [0.3, 0.4) is 0 Å². The number of hydrogen-bond acceptors (Lipinski definition) is 2. The molecule has 1 fully saturated rings. The summed E-state index contributed by atoms with van der Waals surface area (Å²) in [5.74, 6) is 0. The van der Waals surface area contributed by atoms with Crippen LogP contribution in [-0.4, -0.2) is 26.8 Å². The Bertz CT molecular complexity index is 396. The molecular formula is C16H27NOSi. The average molecular weight is 277 g/mol. The third-order valence-corrected chi connectivity index (χ3v) is 5.97. The van der Waals surface area contributed by atoms with Crippen LogP contribution in [0, 0.1) is 0 Å². The van der Waals surface area contributed by atoms with E-state index in [4.69, 9.17) is 4.74 Å². The lowest BCUT2D eigenvalue weighted by molar-refractivity contribution is 0.0130. The van der Waals surface area contributed by atoms with Crippen LogP contribution >= 0.6 is 0 Å². The minimum atomic E-state index is -1.16. The molecule has 1 aromatic carbocycles. The SMILES string of the molecule is CC1CC(NCc2ccc([Si](C)(C)C)cc2)CCO1. The Balaban J connectivity index is 1.86. The summed E-state index contributed by atoms with van der Waals surface area (Å²) in [5.41, 5.74) is 1.39. The van der Waals surface area contributed by atoms with Gasteiger partial charge in [-0.3, -0.25) is 0 Å². The molecule has 2 nitrogen and oxygen atoms in total. The lowest BCUT2D eigenvalue weighted by Crippen LogP contribution is -2.38. The van der Waals surface area contributed by atoms with Crippen molar-refractivity contribution in [1.29, 1.82) is 0 Å². The highest BCUT2D eigenvalue weighted by atomic mass is 28.3. The maximum absolute atomic E-state index is 5.58. The number of nitrogens with one attached hydrogen (secondary N) is 1. The van der Waals surface area contributed by atoms with E-state index in [-0.39, 0.29) is 0 Å².